The van der Waals surface area contributed by atoms with E-state index in [9.17, 15) is 12.8 Å². The molecule has 1 aromatic heterocycles. The molecule has 0 aliphatic carbocycles. The number of pyridine rings is 1. The van der Waals surface area contributed by atoms with Gasteiger partial charge in [-0.25, -0.2) is 26.5 Å². The molecule has 1 fully saturated rings. The molecular weight excluding hydrogens is 569 g/mol. The van der Waals surface area contributed by atoms with E-state index in [-0.39, 0.29) is 23.2 Å². The van der Waals surface area contributed by atoms with Gasteiger partial charge in [-0.15, -0.1) is 0 Å². The van der Waals surface area contributed by atoms with Gasteiger partial charge in [0.1, 0.15) is 28.2 Å². The van der Waals surface area contributed by atoms with Crippen molar-refractivity contribution in [3.63, 3.8) is 0 Å². The number of rotatable bonds is 10. The summed E-state index contributed by atoms with van der Waals surface area (Å²) >= 11 is 6.34. The Labute approximate surface area is 236 Å². The molecule has 0 N–H and O–H groups in total. The number of methoxy groups -OCH3 is 2. The molecule has 2 aromatic carbocycles. The molecule has 2 heterocycles. The SMILES string of the molecule is COc1ccc(CN(c2cccc(F)n2)S(=O)(=O)c2c(F)cc(N3CCC(CN(C)C)C3)c(Cl)c2F)c(OC)c1. The molecule has 0 saturated carbocycles. The highest BCUT2D eigenvalue weighted by molar-refractivity contribution is 7.92. The van der Waals surface area contributed by atoms with Gasteiger partial charge in [-0.3, -0.25) is 0 Å². The first-order chi connectivity index (χ1) is 19.0. The fraction of sp³-hybridized carbons (Fsp3) is 0.370. The third kappa shape index (κ3) is 6.08. The molecule has 1 unspecified atom stereocenters. The molecule has 0 radical (unpaired) electrons. The fourth-order valence-electron chi connectivity index (χ4n) is 4.82. The summed E-state index contributed by atoms with van der Waals surface area (Å²) in [6, 6.07) is 9.03. The summed E-state index contributed by atoms with van der Waals surface area (Å²) in [4.78, 5) is 6.18. The Bertz CT molecular complexity index is 1490. The van der Waals surface area contributed by atoms with Crippen LogP contribution in [0.1, 0.15) is 12.0 Å². The average Bonchev–Trinajstić information content (AvgIpc) is 3.36. The monoisotopic (exact) mass is 598 g/mol. The van der Waals surface area contributed by atoms with Crippen LogP contribution in [0.25, 0.3) is 0 Å². The molecular formula is C27H30ClF3N4O4S. The Morgan fingerprint density at radius 1 is 1.10 bits per heavy atom. The lowest BCUT2D eigenvalue weighted by molar-refractivity contribution is 0.340. The number of nitrogens with zero attached hydrogens (tertiary/aromatic N) is 4. The van der Waals surface area contributed by atoms with Gasteiger partial charge in [0.15, 0.2) is 10.7 Å². The molecule has 1 saturated heterocycles. The summed E-state index contributed by atoms with van der Waals surface area (Å²) in [6.07, 6.45) is 0.792. The molecule has 1 aliphatic heterocycles. The second kappa shape index (κ2) is 12.1. The fourth-order valence-corrected chi connectivity index (χ4v) is 6.66. The average molecular weight is 599 g/mol. The van der Waals surface area contributed by atoms with Crippen LogP contribution in [-0.2, 0) is 16.6 Å². The van der Waals surface area contributed by atoms with Crippen LogP contribution in [0.3, 0.4) is 0 Å². The van der Waals surface area contributed by atoms with Crippen molar-refractivity contribution in [3.05, 3.63) is 70.6 Å². The Morgan fingerprint density at radius 3 is 2.50 bits per heavy atom. The van der Waals surface area contributed by atoms with E-state index < -0.39 is 44.1 Å². The number of halogens is 4. The Balaban J connectivity index is 1.79. The van der Waals surface area contributed by atoms with Gasteiger partial charge < -0.3 is 19.3 Å². The molecule has 0 spiro atoms. The van der Waals surface area contributed by atoms with Crippen LogP contribution in [0.5, 0.6) is 11.5 Å². The van der Waals surface area contributed by atoms with Gasteiger partial charge >= 0.3 is 0 Å². The molecule has 40 heavy (non-hydrogen) atoms. The van der Waals surface area contributed by atoms with Gasteiger partial charge in [0.25, 0.3) is 10.0 Å². The highest BCUT2D eigenvalue weighted by Gasteiger charge is 2.36. The van der Waals surface area contributed by atoms with Crippen LogP contribution in [0.4, 0.5) is 24.7 Å². The van der Waals surface area contributed by atoms with E-state index in [1.165, 1.54) is 38.5 Å². The number of ether oxygens (including phenoxy) is 2. The number of sulfonamides is 1. The molecule has 0 bridgehead atoms. The van der Waals surface area contributed by atoms with Gasteiger partial charge in [-0.2, -0.15) is 4.39 Å². The number of anilines is 2. The normalized spacial score (nSPS) is 15.5. The second-order valence-corrected chi connectivity index (χ2v) is 11.9. The van der Waals surface area contributed by atoms with Gasteiger partial charge in [0, 0.05) is 37.3 Å². The van der Waals surface area contributed by atoms with Crippen LogP contribution >= 0.6 is 11.6 Å². The van der Waals surface area contributed by atoms with E-state index in [2.05, 4.69) is 4.98 Å². The van der Waals surface area contributed by atoms with Crippen molar-refractivity contribution in [2.45, 2.75) is 17.9 Å². The van der Waals surface area contributed by atoms with Crippen molar-refractivity contribution in [2.75, 3.05) is 57.2 Å². The van der Waals surface area contributed by atoms with E-state index in [1.54, 1.807) is 11.0 Å². The van der Waals surface area contributed by atoms with E-state index in [1.807, 2.05) is 19.0 Å². The highest BCUT2D eigenvalue weighted by atomic mass is 35.5. The summed E-state index contributed by atoms with van der Waals surface area (Å²) in [7, 11) is 1.70. The zero-order valence-corrected chi connectivity index (χ0v) is 24.1. The molecule has 1 aliphatic rings. The molecule has 0 amide bonds. The predicted octanol–water partition coefficient (Wildman–Crippen LogP) is 4.95. The maximum atomic E-state index is 15.8. The predicted molar refractivity (Wildman–Crippen MR) is 147 cm³/mol. The lowest BCUT2D eigenvalue weighted by Crippen LogP contribution is -2.33. The maximum absolute atomic E-state index is 15.8. The standard InChI is InChI=1S/C27H30ClF3N4O4S/c1-33(2)14-17-10-11-34(15-17)21-13-20(29)27(26(31)25(21)28)40(36,37)35(24-7-5-6-23(30)32-24)16-18-8-9-19(38-3)12-22(18)39-4/h5-9,12-13,17H,10-11,14-16H2,1-4H3. The van der Waals surface area contributed by atoms with E-state index >= 15 is 8.78 Å². The van der Waals surface area contributed by atoms with Crippen molar-refractivity contribution in [1.29, 1.82) is 0 Å². The summed E-state index contributed by atoms with van der Waals surface area (Å²) in [6.45, 7) is 1.33. The van der Waals surface area contributed by atoms with Gasteiger partial charge in [0.05, 0.1) is 26.5 Å². The van der Waals surface area contributed by atoms with Crippen LogP contribution in [0.15, 0.2) is 47.4 Å². The minimum atomic E-state index is -5.00. The van der Waals surface area contributed by atoms with Crippen LogP contribution < -0.4 is 18.7 Å². The van der Waals surface area contributed by atoms with Gasteiger partial charge in [-0.1, -0.05) is 17.7 Å². The summed E-state index contributed by atoms with van der Waals surface area (Å²) < 4.78 is 84.5. The first-order valence-electron chi connectivity index (χ1n) is 12.4. The summed E-state index contributed by atoms with van der Waals surface area (Å²) in [5.74, 6) is -3.18. The van der Waals surface area contributed by atoms with Crippen LogP contribution in [0.2, 0.25) is 5.02 Å². The largest absolute Gasteiger partial charge is 0.497 e. The quantitative estimate of drug-likeness (QED) is 0.241. The zero-order valence-electron chi connectivity index (χ0n) is 22.5. The molecule has 3 aromatic rings. The third-order valence-electron chi connectivity index (χ3n) is 6.66. The second-order valence-electron chi connectivity index (χ2n) is 9.71. The number of hydrogen-bond acceptors (Lipinski definition) is 7. The minimum Gasteiger partial charge on any atom is -0.497 e. The van der Waals surface area contributed by atoms with Crippen LogP contribution in [0, 0.1) is 23.5 Å². The zero-order chi connectivity index (χ0) is 29.2. The maximum Gasteiger partial charge on any atom is 0.271 e. The van der Waals surface area contributed by atoms with Crippen molar-refractivity contribution in [1.82, 2.24) is 9.88 Å². The van der Waals surface area contributed by atoms with Crippen molar-refractivity contribution in [2.24, 2.45) is 5.92 Å². The van der Waals surface area contributed by atoms with Crippen LogP contribution in [-0.4, -0.2) is 66.3 Å². The van der Waals surface area contributed by atoms with Crippen molar-refractivity contribution in [3.8, 4) is 11.5 Å². The lowest BCUT2D eigenvalue weighted by atomic mass is 10.1. The highest BCUT2D eigenvalue weighted by Crippen LogP contribution is 2.39. The molecule has 13 heteroatoms. The number of benzene rings is 2. The first kappa shape index (κ1) is 29.8. The molecule has 1 atom stereocenters. The molecule has 8 nitrogen and oxygen atoms in total. The topological polar surface area (TPSA) is 75.2 Å². The smallest absolute Gasteiger partial charge is 0.271 e. The van der Waals surface area contributed by atoms with E-state index in [0.29, 0.717) is 28.7 Å². The molecule has 216 valence electrons. The minimum absolute atomic E-state index is 0.0733. The van der Waals surface area contributed by atoms with Gasteiger partial charge in [0.2, 0.25) is 5.95 Å². The molecule has 4 rings (SSSR count). The van der Waals surface area contributed by atoms with Crippen molar-refractivity contribution >= 4 is 33.1 Å². The van der Waals surface area contributed by atoms with E-state index in [0.717, 1.165) is 25.1 Å². The van der Waals surface area contributed by atoms with Crippen molar-refractivity contribution < 1.29 is 31.1 Å². The number of aromatic nitrogens is 1. The number of hydrogen-bond donors (Lipinski definition) is 0. The van der Waals surface area contributed by atoms with E-state index in [4.69, 9.17) is 21.1 Å². The summed E-state index contributed by atoms with van der Waals surface area (Å²) in [5, 5.41) is -0.514. The summed E-state index contributed by atoms with van der Waals surface area (Å²) in [5.41, 5.74) is 0.384. The third-order valence-corrected chi connectivity index (χ3v) is 8.81. The van der Waals surface area contributed by atoms with Gasteiger partial charge in [-0.05, 0) is 50.7 Å². The Kier molecular flexibility index (Phi) is 9.01. The lowest BCUT2D eigenvalue weighted by Gasteiger charge is -2.26. The Morgan fingerprint density at radius 2 is 1.85 bits per heavy atom. The Hall–Kier alpha value is -3.22. The first-order valence-corrected chi connectivity index (χ1v) is 14.2.